The maximum atomic E-state index is 11.3. The molecule has 0 rings (SSSR count). The minimum Gasteiger partial charge on any atom is -0.480 e. The lowest BCUT2D eigenvalue weighted by atomic mass is 10.1. The molecule has 0 bridgehead atoms. The highest BCUT2D eigenvalue weighted by molar-refractivity contribution is 8.77. The SMILES string of the molecule is CNC(CSSC(C)(C)C(N)C(=O)O)C(=O)OC. The number of esters is 1. The molecule has 2 atom stereocenters. The summed E-state index contributed by atoms with van der Waals surface area (Å²) in [6, 6.07) is -1.37. The van der Waals surface area contributed by atoms with Crippen LogP contribution in [0.15, 0.2) is 0 Å². The van der Waals surface area contributed by atoms with E-state index in [1.807, 2.05) is 0 Å². The second-order valence-electron chi connectivity index (χ2n) is 4.15. The first-order valence-corrected chi connectivity index (χ1v) is 7.62. The number of carbonyl (C=O) groups is 2. The van der Waals surface area contributed by atoms with E-state index in [1.54, 1.807) is 20.9 Å². The molecule has 0 spiro atoms. The number of likely N-dealkylation sites (N-methyl/N-ethyl adjacent to an activating group) is 1. The molecule has 0 fully saturated rings. The van der Waals surface area contributed by atoms with Crippen LogP contribution >= 0.6 is 21.6 Å². The molecule has 0 saturated carbocycles. The summed E-state index contributed by atoms with van der Waals surface area (Å²) < 4.78 is 4.01. The fourth-order valence-electron chi connectivity index (χ4n) is 1.01. The number of ether oxygens (including phenoxy) is 1. The minimum atomic E-state index is -1.04. The predicted molar refractivity (Wildman–Crippen MR) is 74.6 cm³/mol. The Bertz CT molecular complexity index is 300. The van der Waals surface area contributed by atoms with Crippen molar-refractivity contribution in [2.24, 2.45) is 5.73 Å². The van der Waals surface area contributed by atoms with Crippen molar-refractivity contribution in [3.05, 3.63) is 0 Å². The average Bonchev–Trinajstić information content (AvgIpc) is 2.32. The lowest BCUT2D eigenvalue weighted by Gasteiger charge is -2.27. The molecule has 0 aliphatic carbocycles. The zero-order valence-corrected chi connectivity index (χ0v) is 12.6. The first kappa shape index (κ1) is 17.6. The summed E-state index contributed by atoms with van der Waals surface area (Å²) in [5.74, 6) is -0.902. The van der Waals surface area contributed by atoms with Gasteiger partial charge in [-0.1, -0.05) is 21.6 Å². The van der Waals surface area contributed by atoms with Crippen molar-refractivity contribution in [1.82, 2.24) is 5.32 Å². The summed E-state index contributed by atoms with van der Waals surface area (Å²) >= 11 is 0. The van der Waals surface area contributed by atoms with Crippen LogP contribution < -0.4 is 11.1 Å². The van der Waals surface area contributed by atoms with Crippen molar-refractivity contribution in [2.45, 2.75) is 30.7 Å². The van der Waals surface area contributed by atoms with Gasteiger partial charge < -0.3 is 20.9 Å². The molecule has 0 radical (unpaired) electrons. The molecule has 0 heterocycles. The summed E-state index contributed by atoms with van der Waals surface area (Å²) in [5.41, 5.74) is 5.59. The number of hydrogen-bond donors (Lipinski definition) is 3. The summed E-state index contributed by atoms with van der Waals surface area (Å²) in [7, 11) is 5.74. The predicted octanol–water partition coefficient (Wildman–Crippen LogP) is 0.319. The van der Waals surface area contributed by atoms with Crippen molar-refractivity contribution < 1.29 is 19.4 Å². The van der Waals surface area contributed by atoms with Gasteiger partial charge in [0, 0.05) is 10.5 Å². The molecule has 0 aromatic heterocycles. The molecule has 6 nitrogen and oxygen atoms in total. The standard InChI is InChI=1S/C10H20N2O4S2/c1-10(2,7(11)8(13)14)18-17-5-6(12-3)9(15)16-4/h6-7,12H,5,11H2,1-4H3,(H,13,14). The molecule has 106 valence electrons. The molecule has 0 saturated heterocycles. The van der Waals surface area contributed by atoms with Crippen LogP contribution in [0.4, 0.5) is 0 Å². The van der Waals surface area contributed by atoms with Gasteiger partial charge in [0.15, 0.2) is 0 Å². The van der Waals surface area contributed by atoms with Crippen molar-refractivity contribution >= 4 is 33.5 Å². The average molecular weight is 296 g/mol. The molecule has 4 N–H and O–H groups in total. The number of nitrogens with one attached hydrogen (secondary N) is 1. The summed E-state index contributed by atoms with van der Waals surface area (Å²) in [5, 5.41) is 11.7. The lowest BCUT2D eigenvalue weighted by Crippen LogP contribution is -2.46. The maximum Gasteiger partial charge on any atom is 0.323 e. The van der Waals surface area contributed by atoms with E-state index in [9.17, 15) is 9.59 Å². The quantitative estimate of drug-likeness (QED) is 0.435. The maximum absolute atomic E-state index is 11.3. The molecule has 18 heavy (non-hydrogen) atoms. The zero-order chi connectivity index (χ0) is 14.3. The van der Waals surface area contributed by atoms with Crippen LogP contribution in [0.2, 0.25) is 0 Å². The van der Waals surface area contributed by atoms with Crippen LogP contribution in [0.5, 0.6) is 0 Å². The fourth-order valence-corrected chi connectivity index (χ4v) is 3.86. The first-order valence-electron chi connectivity index (χ1n) is 5.30. The molecule has 8 heteroatoms. The highest BCUT2D eigenvalue weighted by atomic mass is 33.1. The number of carbonyl (C=O) groups excluding carboxylic acids is 1. The van der Waals surface area contributed by atoms with Crippen LogP contribution in [0.1, 0.15) is 13.8 Å². The van der Waals surface area contributed by atoms with E-state index in [0.717, 1.165) is 0 Å². The molecular formula is C10H20N2O4S2. The summed E-state index contributed by atoms with van der Waals surface area (Å²) in [4.78, 5) is 22.1. The van der Waals surface area contributed by atoms with Gasteiger partial charge >= 0.3 is 11.9 Å². The van der Waals surface area contributed by atoms with Crippen molar-refractivity contribution in [2.75, 3.05) is 19.9 Å². The van der Waals surface area contributed by atoms with Gasteiger partial charge in [0.05, 0.1) is 7.11 Å². The Hall–Kier alpha value is -0.440. The summed E-state index contributed by atoms with van der Waals surface area (Å²) in [6.07, 6.45) is 0. The van der Waals surface area contributed by atoms with Gasteiger partial charge in [0.1, 0.15) is 12.1 Å². The lowest BCUT2D eigenvalue weighted by molar-refractivity contribution is -0.142. The van der Waals surface area contributed by atoms with Crippen LogP contribution in [-0.2, 0) is 14.3 Å². The number of methoxy groups -OCH3 is 1. The normalized spacial score (nSPS) is 14.9. The minimum absolute atomic E-state index is 0.342. The van der Waals surface area contributed by atoms with E-state index in [1.165, 1.54) is 28.7 Å². The second kappa shape index (κ2) is 7.88. The Balaban J connectivity index is 4.24. The van der Waals surface area contributed by atoms with Gasteiger partial charge in [0.2, 0.25) is 0 Å². The van der Waals surface area contributed by atoms with Gasteiger partial charge in [-0.05, 0) is 20.9 Å². The summed E-state index contributed by atoms with van der Waals surface area (Å²) in [6.45, 7) is 3.52. The first-order chi connectivity index (χ1) is 8.26. The Kier molecular flexibility index (Phi) is 7.69. The van der Waals surface area contributed by atoms with E-state index < -0.39 is 22.8 Å². The third-order valence-corrected chi connectivity index (χ3v) is 5.68. The number of carboxylic acid groups (broad SMARTS) is 1. The van der Waals surface area contributed by atoms with Gasteiger partial charge in [-0.15, -0.1) is 0 Å². The van der Waals surface area contributed by atoms with Gasteiger partial charge in [-0.2, -0.15) is 0 Å². The van der Waals surface area contributed by atoms with E-state index in [-0.39, 0.29) is 5.97 Å². The molecule has 0 aromatic carbocycles. The number of carboxylic acids is 1. The van der Waals surface area contributed by atoms with E-state index in [0.29, 0.717) is 5.75 Å². The van der Waals surface area contributed by atoms with Crippen LogP contribution in [0, 0.1) is 0 Å². The van der Waals surface area contributed by atoms with E-state index >= 15 is 0 Å². The van der Waals surface area contributed by atoms with Crippen LogP contribution in [-0.4, -0.2) is 53.8 Å². The number of rotatable bonds is 8. The van der Waals surface area contributed by atoms with E-state index in [2.05, 4.69) is 10.1 Å². The topological polar surface area (TPSA) is 102 Å². The van der Waals surface area contributed by atoms with E-state index in [4.69, 9.17) is 10.8 Å². The van der Waals surface area contributed by atoms with Gasteiger partial charge in [-0.25, -0.2) is 0 Å². The molecule has 2 unspecified atom stereocenters. The smallest absolute Gasteiger partial charge is 0.323 e. The largest absolute Gasteiger partial charge is 0.480 e. The third kappa shape index (κ3) is 5.47. The molecule has 0 aliphatic heterocycles. The molecule has 0 aliphatic rings. The second-order valence-corrected chi connectivity index (χ2v) is 7.15. The highest BCUT2D eigenvalue weighted by Crippen LogP contribution is 2.37. The monoisotopic (exact) mass is 296 g/mol. The van der Waals surface area contributed by atoms with Crippen molar-refractivity contribution in [3.8, 4) is 0 Å². The number of nitrogens with two attached hydrogens (primary N) is 1. The van der Waals surface area contributed by atoms with Gasteiger partial charge in [0.25, 0.3) is 0 Å². The van der Waals surface area contributed by atoms with Gasteiger partial charge in [-0.3, -0.25) is 9.59 Å². The third-order valence-electron chi connectivity index (χ3n) is 2.36. The molecule has 0 aromatic rings. The Morgan fingerprint density at radius 2 is 2.06 bits per heavy atom. The van der Waals surface area contributed by atoms with Crippen molar-refractivity contribution in [3.63, 3.8) is 0 Å². The Labute approximate surface area is 115 Å². The fraction of sp³-hybridized carbons (Fsp3) is 0.800. The van der Waals surface area contributed by atoms with Crippen molar-refractivity contribution in [1.29, 1.82) is 0 Å². The molecule has 0 amide bonds. The van der Waals surface area contributed by atoms with Crippen LogP contribution in [0.3, 0.4) is 0 Å². The number of hydrogen-bond acceptors (Lipinski definition) is 7. The Morgan fingerprint density at radius 3 is 2.44 bits per heavy atom. The Morgan fingerprint density at radius 1 is 1.50 bits per heavy atom. The highest BCUT2D eigenvalue weighted by Gasteiger charge is 2.33. The zero-order valence-electron chi connectivity index (χ0n) is 10.9. The number of aliphatic carboxylic acids is 1. The van der Waals surface area contributed by atoms with Crippen LogP contribution in [0.25, 0.3) is 0 Å². The molecular weight excluding hydrogens is 276 g/mol.